The van der Waals surface area contributed by atoms with Crippen LogP contribution in [0.5, 0.6) is 0 Å². The van der Waals surface area contributed by atoms with Crippen LogP contribution >= 0.6 is 0 Å². The van der Waals surface area contributed by atoms with Crippen LogP contribution in [0.25, 0.3) is 11.1 Å². The molecule has 12 heavy (non-hydrogen) atoms. The highest BCUT2D eigenvalue weighted by Gasteiger charge is 2.04. The summed E-state index contributed by atoms with van der Waals surface area (Å²) < 4.78 is 4.97. The Morgan fingerprint density at radius 3 is 2.83 bits per heavy atom. The third kappa shape index (κ3) is 0.863. The fourth-order valence-electron chi connectivity index (χ4n) is 1.25. The number of hydrogen-bond donors (Lipinski definition) is 1. The number of nitrogens with one attached hydrogen (secondary N) is 1. The van der Waals surface area contributed by atoms with E-state index < -0.39 is 5.76 Å². The number of H-pyrrole nitrogens is 1. The number of fused-ring (bicyclic) bond motifs is 1. The molecule has 1 N–H and O–H groups in total. The lowest BCUT2D eigenvalue weighted by Gasteiger charge is -1.96. The van der Waals surface area contributed by atoms with Crippen molar-refractivity contribution in [2.75, 3.05) is 0 Å². The van der Waals surface area contributed by atoms with Gasteiger partial charge in [0.25, 0.3) is 0 Å². The molecule has 0 fully saturated rings. The van der Waals surface area contributed by atoms with Crippen molar-refractivity contribution in [1.82, 2.24) is 4.98 Å². The van der Waals surface area contributed by atoms with E-state index in [1.807, 2.05) is 26.0 Å². The lowest BCUT2D eigenvalue weighted by molar-refractivity contribution is 0.553. The molecule has 0 amide bonds. The molecule has 1 aromatic heterocycles. The highest BCUT2D eigenvalue weighted by atomic mass is 16.4. The average Bonchev–Trinajstić information content (AvgIpc) is 2.39. The van der Waals surface area contributed by atoms with Crippen molar-refractivity contribution >= 4 is 11.1 Å². The molecule has 2 rings (SSSR count). The van der Waals surface area contributed by atoms with Crippen molar-refractivity contribution in [1.29, 1.82) is 0 Å². The molecule has 3 heteroatoms. The Bertz CT molecular complexity index is 479. The van der Waals surface area contributed by atoms with Crippen molar-refractivity contribution in [2.24, 2.45) is 0 Å². The normalized spacial score (nSPS) is 10.8. The van der Waals surface area contributed by atoms with Gasteiger partial charge in [0.15, 0.2) is 5.58 Å². The fraction of sp³-hybridized carbons (Fsp3) is 0.222. The van der Waals surface area contributed by atoms with Crippen LogP contribution in [0, 0.1) is 13.8 Å². The standard InChI is InChI=1S/C9H9NO2/c1-5-3-4-7-8(6(5)2)12-9(11)10-7/h3-4H,1-2H3,(H,10,11). The lowest BCUT2D eigenvalue weighted by atomic mass is 10.1. The van der Waals surface area contributed by atoms with Gasteiger partial charge in [0.1, 0.15) is 0 Å². The Balaban J connectivity index is 2.99. The number of hydrogen-bond acceptors (Lipinski definition) is 2. The van der Waals surface area contributed by atoms with Gasteiger partial charge in [-0.05, 0) is 31.0 Å². The summed E-state index contributed by atoms with van der Waals surface area (Å²) in [4.78, 5) is 13.4. The number of aromatic amines is 1. The maximum absolute atomic E-state index is 10.8. The van der Waals surface area contributed by atoms with E-state index in [-0.39, 0.29) is 0 Å². The quantitative estimate of drug-likeness (QED) is 0.643. The molecule has 0 aliphatic carbocycles. The number of benzene rings is 1. The summed E-state index contributed by atoms with van der Waals surface area (Å²) in [6.45, 7) is 3.93. The first kappa shape index (κ1) is 7.16. The molecule has 0 aliphatic heterocycles. The largest absolute Gasteiger partial charge is 0.417 e. The Morgan fingerprint density at radius 2 is 2.08 bits per heavy atom. The molecule has 3 nitrogen and oxygen atoms in total. The van der Waals surface area contributed by atoms with Crippen LogP contribution in [-0.2, 0) is 0 Å². The Labute approximate surface area is 69.0 Å². The summed E-state index contributed by atoms with van der Waals surface area (Å²) >= 11 is 0. The van der Waals surface area contributed by atoms with E-state index in [0.717, 1.165) is 16.6 Å². The number of oxazole rings is 1. The highest BCUT2D eigenvalue weighted by molar-refractivity contribution is 5.76. The van der Waals surface area contributed by atoms with Crippen LogP contribution in [0.15, 0.2) is 21.3 Å². The van der Waals surface area contributed by atoms with Crippen molar-refractivity contribution in [2.45, 2.75) is 13.8 Å². The number of aryl methyl sites for hydroxylation is 2. The summed E-state index contributed by atoms with van der Waals surface area (Å²) in [6, 6.07) is 3.81. The molecule has 62 valence electrons. The van der Waals surface area contributed by atoms with Gasteiger partial charge < -0.3 is 4.42 Å². The molecule has 0 aliphatic rings. The van der Waals surface area contributed by atoms with Gasteiger partial charge >= 0.3 is 5.76 Å². The zero-order chi connectivity index (χ0) is 8.72. The van der Waals surface area contributed by atoms with Crippen molar-refractivity contribution in [3.8, 4) is 0 Å². The van der Waals surface area contributed by atoms with Crippen LogP contribution in [0.4, 0.5) is 0 Å². The zero-order valence-electron chi connectivity index (χ0n) is 6.97. The molecule has 2 aromatic rings. The van der Waals surface area contributed by atoms with Gasteiger partial charge in [-0.2, -0.15) is 0 Å². The van der Waals surface area contributed by atoms with Gasteiger partial charge in [-0.3, -0.25) is 4.98 Å². The van der Waals surface area contributed by atoms with Crippen molar-refractivity contribution < 1.29 is 4.42 Å². The molecule has 0 radical (unpaired) electrons. The monoisotopic (exact) mass is 163 g/mol. The number of aromatic nitrogens is 1. The van der Waals surface area contributed by atoms with Gasteiger partial charge in [-0.1, -0.05) is 6.07 Å². The summed E-state index contributed by atoms with van der Waals surface area (Å²) in [5.41, 5.74) is 3.58. The van der Waals surface area contributed by atoms with Gasteiger partial charge in [0.05, 0.1) is 5.52 Å². The molecule has 1 aromatic carbocycles. The van der Waals surface area contributed by atoms with E-state index in [0.29, 0.717) is 5.58 Å². The van der Waals surface area contributed by atoms with Gasteiger partial charge in [-0.15, -0.1) is 0 Å². The maximum Gasteiger partial charge on any atom is 0.417 e. The Kier molecular flexibility index (Phi) is 1.33. The Hall–Kier alpha value is -1.51. The molecule has 0 saturated carbocycles. The second-order valence-corrected chi connectivity index (χ2v) is 2.90. The van der Waals surface area contributed by atoms with Crippen LogP contribution < -0.4 is 5.76 Å². The first-order valence-electron chi connectivity index (χ1n) is 3.77. The third-order valence-corrected chi connectivity index (χ3v) is 2.11. The second kappa shape index (κ2) is 2.24. The van der Waals surface area contributed by atoms with E-state index in [9.17, 15) is 4.79 Å². The lowest BCUT2D eigenvalue weighted by Crippen LogP contribution is -1.92. The fourth-order valence-corrected chi connectivity index (χ4v) is 1.25. The molecular weight excluding hydrogens is 154 g/mol. The van der Waals surface area contributed by atoms with Gasteiger partial charge in [-0.25, -0.2) is 4.79 Å². The van der Waals surface area contributed by atoms with Crippen LogP contribution in [-0.4, -0.2) is 4.98 Å². The first-order chi connectivity index (χ1) is 5.68. The predicted molar refractivity (Wildman–Crippen MR) is 46.3 cm³/mol. The molecular formula is C9H9NO2. The average molecular weight is 163 g/mol. The highest BCUT2D eigenvalue weighted by Crippen LogP contribution is 2.17. The SMILES string of the molecule is Cc1ccc2[nH]c(=O)oc2c1C. The summed E-state index contributed by atoms with van der Waals surface area (Å²) in [6.07, 6.45) is 0. The molecule has 1 heterocycles. The third-order valence-electron chi connectivity index (χ3n) is 2.11. The minimum Gasteiger partial charge on any atom is -0.408 e. The van der Waals surface area contributed by atoms with Gasteiger partial charge in [0.2, 0.25) is 0 Å². The molecule has 0 saturated heterocycles. The van der Waals surface area contributed by atoms with Crippen LogP contribution in [0.3, 0.4) is 0 Å². The number of rotatable bonds is 0. The zero-order valence-corrected chi connectivity index (χ0v) is 6.97. The molecule has 0 unspecified atom stereocenters. The Morgan fingerprint density at radius 1 is 1.33 bits per heavy atom. The van der Waals surface area contributed by atoms with Crippen LogP contribution in [0.1, 0.15) is 11.1 Å². The van der Waals surface area contributed by atoms with E-state index in [1.54, 1.807) is 0 Å². The minimum absolute atomic E-state index is 0.390. The summed E-state index contributed by atoms with van der Waals surface area (Å²) in [5.74, 6) is -0.390. The topological polar surface area (TPSA) is 46.0 Å². The summed E-state index contributed by atoms with van der Waals surface area (Å²) in [7, 11) is 0. The smallest absolute Gasteiger partial charge is 0.408 e. The van der Waals surface area contributed by atoms with Crippen molar-refractivity contribution in [3.05, 3.63) is 33.8 Å². The van der Waals surface area contributed by atoms with E-state index in [1.165, 1.54) is 0 Å². The molecule has 0 spiro atoms. The van der Waals surface area contributed by atoms with Crippen LogP contribution in [0.2, 0.25) is 0 Å². The van der Waals surface area contributed by atoms with E-state index in [4.69, 9.17) is 4.42 Å². The van der Waals surface area contributed by atoms with Gasteiger partial charge in [0, 0.05) is 0 Å². The van der Waals surface area contributed by atoms with E-state index >= 15 is 0 Å². The second-order valence-electron chi connectivity index (χ2n) is 2.90. The molecule has 0 bridgehead atoms. The predicted octanol–water partition coefficient (Wildman–Crippen LogP) is 1.74. The van der Waals surface area contributed by atoms with Crippen molar-refractivity contribution in [3.63, 3.8) is 0 Å². The molecule has 0 atom stereocenters. The first-order valence-corrected chi connectivity index (χ1v) is 3.77. The summed E-state index contributed by atoms with van der Waals surface area (Å²) in [5, 5.41) is 0. The minimum atomic E-state index is -0.390. The maximum atomic E-state index is 10.8. The van der Waals surface area contributed by atoms with E-state index in [2.05, 4.69) is 4.98 Å².